The Morgan fingerprint density at radius 1 is 0.913 bits per heavy atom. The Morgan fingerprint density at radius 2 is 1.39 bits per heavy atom. The molecule has 0 amide bonds. The van der Waals surface area contributed by atoms with Gasteiger partial charge in [-0.25, -0.2) is 26.4 Å². The van der Waals surface area contributed by atoms with Crippen LogP contribution in [0.2, 0.25) is 0 Å². The van der Waals surface area contributed by atoms with Gasteiger partial charge >= 0.3 is 0 Å². The lowest BCUT2D eigenvalue weighted by Crippen LogP contribution is -2.26. The fourth-order valence-corrected chi connectivity index (χ4v) is 3.59. The van der Waals surface area contributed by atoms with Gasteiger partial charge in [-0.3, -0.25) is 0 Å². The normalized spacial score (nSPS) is 12.5. The van der Waals surface area contributed by atoms with Crippen molar-refractivity contribution in [3.63, 3.8) is 0 Å². The molecule has 2 aromatic carbocycles. The molecule has 0 aliphatic carbocycles. The Balaban J connectivity index is 2.25. The number of hydrogen-bond donors (Lipinski definition) is 1. The largest absolute Gasteiger partial charge is 0.243 e. The molecule has 0 aromatic heterocycles. The van der Waals surface area contributed by atoms with Gasteiger partial charge in [-0.2, -0.15) is 4.31 Å². The molecule has 0 fully saturated rings. The summed E-state index contributed by atoms with van der Waals surface area (Å²) in [6.07, 6.45) is 0. The molecule has 0 bridgehead atoms. The first kappa shape index (κ1) is 17.5. The summed E-state index contributed by atoms with van der Waals surface area (Å²) in [7, 11) is -6.31. The van der Waals surface area contributed by atoms with Crippen LogP contribution in [-0.4, -0.2) is 28.2 Å². The maximum absolute atomic E-state index is 12.9. The van der Waals surface area contributed by atoms with Crippen LogP contribution in [0.1, 0.15) is 5.56 Å². The molecule has 0 heterocycles. The Morgan fingerprint density at radius 3 is 1.87 bits per heavy atom. The van der Waals surface area contributed by atoms with E-state index in [9.17, 15) is 21.2 Å². The molecule has 23 heavy (non-hydrogen) atoms. The predicted molar refractivity (Wildman–Crippen MR) is 82.9 cm³/mol. The number of nitrogens with two attached hydrogens (primary N) is 1. The van der Waals surface area contributed by atoms with E-state index in [0.717, 1.165) is 16.4 Å². The highest BCUT2D eigenvalue weighted by Crippen LogP contribution is 2.19. The predicted octanol–water partition coefficient (Wildman–Crippen LogP) is 1.29. The Kier molecular flexibility index (Phi) is 4.85. The molecule has 0 saturated heterocycles. The first-order chi connectivity index (χ1) is 10.6. The third-order valence-electron chi connectivity index (χ3n) is 3.18. The molecule has 0 unspecified atom stereocenters. The second kappa shape index (κ2) is 6.36. The van der Waals surface area contributed by atoms with E-state index < -0.39 is 25.9 Å². The van der Waals surface area contributed by atoms with E-state index in [-0.39, 0.29) is 16.3 Å². The summed E-state index contributed by atoms with van der Waals surface area (Å²) in [5.41, 5.74) is 0.624. The monoisotopic (exact) mass is 358 g/mol. The number of nitrogens with zero attached hydrogens (tertiary/aromatic N) is 1. The van der Waals surface area contributed by atoms with Crippen LogP contribution in [-0.2, 0) is 26.6 Å². The third kappa shape index (κ3) is 4.14. The van der Waals surface area contributed by atoms with E-state index in [1.165, 1.54) is 43.4 Å². The summed E-state index contributed by atoms with van der Waals surface area (Å²) in [5.74, 6) is -0.405. The summed E-state index contributed by atoms with van der Waals surface area (Å²) in [6.45, 7) is 0.0551. The zero-order valence-corrected chi connectivity index (χ0v) is 13.8. The quantitative estimate of drug-likeness (QED) is 0.871. The zero-order chi connectivity index (χ0) is 17.3. The highest BCUT2D eigenvalue weighted by molar-refractivity contribution is 7.89. The van der Waals surface area contributed by atoms with Crippen LogP contribution in [0.5, 0.6) is 0 Å². The van der Waals surface area contributed by atoms with E-state index in [2.05, 4.69) is 0 Å². The topological polar surface area (TPSA) is 97.5 Å². The molecule has 124 valence electrons. The van der Waals surface area contributed by atoms with Gasteiger partial charge in [-0.1, -0.05) is 12.1 Å². The van der Waals surface area contributed by atoms with Crippen molar-refractivity contribution in [2.45, 2.75) is 16.3 Å². The van der Waals surface area contributed by atoms with Gasteiger partial charge in [0.05, 0.1) is 9.79 Å². The fourth-order valence-electron chi connectivity index (χ4n) is 1.91. The smallest absolute Gasteiger partial charge is 0.225 e. The van der Waals surface area contributed by atoms with Gasteiger partial charge < -0.3 is 0 Å². The number of sulfonamides is 2. The minimum atomic E-state index is -3.88. The van der Waals surface area contributed by atoms with Crippen LogP contribution in [0, 0.1) is 5.82 Å². The first-order valence-corrected chi connectivity index (χ1v) is 9.43. The summed E-state index contributed by atoms with van der Waals surface area (Å²) in [6, 6.07) is 10.1. The highest BCUT2D eigenvalue weighted by atomic mass is 32.2. The molecule has 0 spiro atoms. The molecule has 9 heteroatoms. The van der Waals surface area contributed by atoms with Crippen LogP contribution >= 0.6 is 0 Å². The average molecular weight is 358 g/mol. The van der Waals surface area contributed by atoms with Gasteiger partial charge in [-0.15, -0.1) is 0 Å². The molecule has 0 aliphatic heterocycles. The molecule has 6 nitrogen and oxygen atoms in total. The van der Waals surface area contributed by atoms with Gasteiger partial charge in [0, 0.05) is 13.6 Å². The lowest BCUT2D eigenvalue weighted by atomic mass is 10.2. The van der Waals surface area contributed by atoms with Crippen molar-refractivity contribution >= 4 is 20.0 Å². The highest BCUT2D eigenvalue weighted by Gasteiger charge is 2.21. The Hall–Kier alpha value is -1.81. The van der Waals surface area contributed by atoms with Gasteiger partial charge in [0.25, 0.3) is 0 Å². The van der Waals surface area contributed by atoms with E-state index in [1.807, 2.05) is 0 Å². The summed E-state index contributed by atoms with van der Waals surface area (Å²) in [4.78, 5) is -0.229. The van der Waals surface area contributed by atoms with Crippen molar-refractivity contribution in [1.29, 1.82) is 0 Å². The van der Waals surface area contributed by atoms with Gasteiger partial charge in [0.1, 0.15) is 5.82 Å². The van der Waals surface area contributed by atoms with E-state index in [4.69, 9.17) is 5.14 Å². The SMILES string of the molecule is CN(Cc1ccc(F)cc1)S(=O)(=O)c1ccc(S(N)(=O)=O)cc1. The fraction of sp³-hybridized carbons (Fsp3) is 0.143. The van der Waals surface area contributed by atoms with E-state index >= 15 is 0 Å². The van der Waals surface area contributed by atoms with Gasteiger partial charge in [0.2, 0.25) is 20.0 Å². The second-order valence-corrected chi connectivity index (χ2v) is 8.51. The molecule has 0 aliphatic rings. The standard InChI is InChI=1S/C14H15FN2O4S2/c1-17(10-11-2-4-12(15)5-3-11)23(20,21)14-8-6-13(7-9-14)22(16,18)19/h2-9H,10H2,1H3,(H2,16,18,19). The molecule has 2 aromatic rings. The minimum absolute atomic E-state index is 0.0551. The van der Waals surface area contributed by atoms with Crippen LogP contribution in [0.25, 0.3) is 0 Å². The van der Waals surface area contributed by atoms with Crippen LogP contribution < -0.4 is 5.14 Å². The first-order valence-electron chi connectivity index (χ1n) is 6.44. The molecule has 0 atom stereocenters. The Labute approximate surface area is 134 Å². The minimum Gasteiger partial charge on any atom is -0.225 e. The van der Waals surface area contributed by atoms with Crippen LogP contribution in [0.15, 0.2) is 58.3 Å². The number of primary sulfonamides is 1. The van der Waals surface area contributed by atoms with Gasteiger partial charge in [0.15, 0.2) is 0 Å². The molecule has 2 rings (SSSR count). The zero-order valence-electron chi connectivity index (χ0n) is 12.2. The maximum atomic E-state index is 12.9. The number of hydrogen-bond acceptors (Lipinski definition) is 4. The van der Waals surface area contributed by atoms with Crippen molar-refractivity contribution < 1.29 is 21.2 Å². The van der Waals surface area contributed by atoms with Crippen molar-refractivity contribution in [2.75, 3.05) is 7.05 Å². The lowest BCUT2D eigenvalue weighted by molar-refractivity contribution is 0.466. The Bertz CT molecular complexity index is 893. The van der Waals surface area contributed by atoms with Crippen molar-refractivity contribution in [3.05, 3.63) is 59.9 Å². The number of rotatable bonds is 5. The van der Waals surface area contributed by atoms with Crippen molar-refractivity contribution in [1.82, 2.24) is 4.31 Å². The summed E-state index contributed by atoms with van der Waals surface area (Å²) >= 11 is 0. The van der Waals surface area contributed by atoms with E-state index in [1.54, 1.807) is 0 Å². The van der Waals surface area contributed by atoms with Crippen molar-refractivity contribution in [2.24, 2.45) is 5.14 Å². The third-order valence-corrected chi connectivity index (χ3v) is 5.93. The maximum Gasteiger partial charge on any atom is 0.243 e. The summed E-state index contributed by atoms with van der Waals surface area (Å²) < 4.78 is 61.2. The molecule has 0 saturated carbocycles. The summed E-state index contributed by atoms with van der Waals surface area (Å²) in [5, 5.41) is 4.97. The van der Waals surface area contributed by atoms with Crippen LogP contribution in [0.4, 0.5) is 4.39 Å². The van der Waals surface area contributed by atoms with E-state index in [0.29, 0.717) is 5.56 Å². The molecular formula is C14H15FN2O4S2. The number of halogens is 1. The molecule has 2 N–H and O–H groups in total. The van der Waals surface area contributed by atoms with Gasteiger partial charge in [-0.05, 0) is 42.0 Å². The average Bonchev–Trinajstić information content (AvgIpc) is 2.48. The molecular weight excluding hydrogens is 343 g/mol. The molecule has 0 radical (unpaired) electrons. The van der Waals surface area contributed by atoms with Crippen LogP contribution in [0.3, 0.4) is 0 Å². The second-order valence-electron chi connectivity index (χ2n) is 4.90. The lowest BCUT2D eigenvalue weighted by Gasteiger charge is -2.17. The number of benzene rings is 2. The van der Waals surface area contributed by atoms with Crippen molar-refractivity contribution in [3.8, 4) is 0 Å².